The number of nitrogens with one attached hydrogen (secondary N) is 1. The Labute approximate surface area is 187 Å². The number of piperidine rings is 1. The number of oxazole rings is 1. The molecule has 0 saturated carbocycles. The van der Waals surface area contributed by atoms with E-state index in [9.17, 15) is 14.0 Å². The van der Waals surface area contributed by atoms with Gasteiger partial charge >= 0.3 is 0 Å². The second kappa shape index (κ2) is 12.5. The number of carbonyl (C=O) groups is 2. The van der Waals surface area contributed by atoms with Crippen molar-refractivity contribution in [2.24, 2.45) is 5.73 Å². The second-order valence-electron chi connectivity index (χ2n) is 6.91. The molecular weight excluding hydrogens is 434 g/mol. The zero-order valence-electron chi connectivity index (χ0n) is 16.5. The Morgan fingerprint density at radius 2 is 1.97 bits per heavy atom. The summed E-state index contributed by atoms with van der Waals surface area (Å²) in [4.78, 5) is 30.6. The number of amides is 2. The van der Waals surface area contributed by atoms with Crippen LogP contribution in [0.3, 0.4) is 0 Å². The lowest BCUT2D eigenvalue weighted by Crippen LogP contribution is -2.50. The zero-order chi connectivity index (χ0) is 19.9. The molecule has 1 aliphatic rings. The Morgan fingerprint density at radius 1 is 1.23 bits per heavy atom. The molecule has 0 aliphatic carbocycles. The number of hydrogen-bond donors (Lipinski definition) is 2. The van der Waals surface area contributed by atoms with Crippen molar-refractivity contribution in [1.82, 2.24) is 15.2 Å². The fourth-order valence-electron chi connectivity index (χ4n) is 3.36. The first-order valence-corrected chi connectivity index (χ1v) is 9.53. The second-order valence-corrected chi connectivity index (χ2v) is 6.91. The summed E-state index contributed by atoms with van der Waals surface area (Å²) in [6.07, 6.45) is 4.69. The Morgan fingerprint density at radius 3 is 2.67 bits per heavy atom. The van der Waals surface area contributed by atoms with E-state index in [0.29, 0.717) is 36.8 Å². The summed E-state index contributed by atoms with van der Waals surface area (Å²) in [5, 5.41) is 2.85. The normalized spacial score (nSPS) is 15.7. The van der Waals surface area contributed by atoms with Gasteiger partial charge < -0.3 is 20.4 Å². The number of hydrogen-bond acceptors (Lipinski definition) is 5. The zero-order valence-corrected chi connectivity index (χ0v) is 18.1. The van der Waals surface area contributed by atoms with Crippen LogP contribution in [-0.2, 0) is 16.0 Å². The standard InChI is InChI=1S/C20H25FN4O3.2ClH/c21-15-6-4-14(5-7-15)20-24-16(13-28-20)11-19(27)25-10-2-1-3-17(25)12-23-18(26)8-9-22;;/h4-7,13,17H,1-3,8-12,22H2,(H,23,26);2*1H. The molecule has 2 heterocycles. The topological polar surface area (TPSA) is 101 Å². The summed E-state index contributed by atoms with van der Waals surface area (Å²) in [6.45, 7) is 1.41. The molecule has 2 aromatic rings. The van der Waals surface area contributed by atoms with Crippen LogP contribution in [0.2, 0.25) is 0 Å². The molecule has 3 rings (SSSR count). The van der Waals surface area contributed by atoms with Crippen molar-refractivity contribution in [1.29, 1.82) is 0 Å². The number of nitrogens with two attached hydrogens (primary N) is 1. The maximum Gasteiger partial charge on any atom is 0.229 e. The van der Waals surface area contributed by atoms with Gasteiger partial charge in [0.05, 0.1) is 12.1 Å². The van der Waals surface area contributed by atoms with Gasteiger partial charge in [-0.25, -0.2) is 9.37 Å². The molecule has 1 aromatic heterocycles. The van der Waals surface area contributed by atoms with Crippen molar-refractivity contribution >= 4 is 36.6 Å². The largest absolute Gasteiger partial charge is 0.444 e. The number of aromatic nitrogens is 1. The molecule has 7 nitrogen and oxygen atoms in total. The number of halogens is 3. The minimum atomic E-state index is -0.333. The molecule has 166 valence electrons. The highest BCUT2D eigenvalue weighted by Gasteiger charge is 2.27. The molecular formula is C20H27Cl2FN4O3. The van der Waals surface area contributed by atoms with Crippen molar-refractivity contribution in [2.45, 2.75) is 38.1 Å². The van der Waals surface area contributed by atoms with E-state index < -0.39 is 0 Å². The highest BCUT2D eigenvalue weighted by molar-refractivity contribution is 5.85. The van der Waals surface area contributed by atoms with E-state index >= 15 is 0 Å². The number of likely N-dealkylation sites (tertiary alicyclic amines) is 1. The molecule has 30 heavy (non-hydrogen) atoms. The Balaban J connectivity index is 0.00000225. The van der Waals surface area contributed by atoms with Gasteiger partial charge in [0.15, 0.2) is 0 Å². The van der Waals surface area contributed by atoms with Crippen molar-refractivity contribution in [3.8, 4) is 11.5 Å². The monoisotopic (exact) mass is 460 g/mol. The maximum absolute atomic E-state index is 13.0. The van der Waals surface area contributed by atoms with Crippen LogP contribution in [0.5, 0.6) is 0 Å². The molecule has 10 heteroatoms. The van der Waals surface area contributed by atoms with Gasteiger partial charge in [-0.2, -0.15) is 0 Å². The lowest BCUT2D eigenvalue weighted by molar-refractivity contribution is -0.134. The third kappa shape index (κ3) is 6.97. The average molecular weight is 461 g/mol. The first kappa shape index (κ1) is 25.9. The molecule has 1 saturated heterocycles. The number of carbonyl (C=O) groups excluding carboxylic acids is 2. The predicted octanol–water partition coefficient (Wildman–Crippen LogP) is 2.71. The van der Waals surface area contributed by atoms with Crippen LogP contribution in [0.1, 0.15) is 31.4 Å². The molecule has 1 atom stereocenters. The van der Waals surface area contributed by atoms with Gasteiger partial charge in [-0.1, -0.05) is 0 Å². The predicted molar refractivity (Wildman–Crippen MR) is 116 cm³/mol. The molecule has 1 unspecified atom stereocenters. The summed E-state index contributed by atoms with van der Waals surface area (Å²) in [7, 11) is 0. The Bertz CT molecular complexity index is 817. The first-order chi connectivity index (χ1) is 13.6. The molecule has 1 aromatic carbocycles. The molecule has 0 bridgehead atoms. The van der Waals surface area contributed by atoms with Gasteiger partial charge in [0, 0.05) is 37.7 Å². The number of nitrogens with zero attached hydrogens (tertiary/aromatic N) is 2. The van der Waals surface area contributed by atoms with Crippen LogP contribution in [0.25, 0.3) is 11.5 Å². The van der Waals surface area contributed by atoms with E-state index in [1.165, 1.54) is 18.4 Å². The van der Waals surface area contributed by atoms with Crippen LogP contribution in [0.4, 0.5) is 4.39 Å². The van der Waals surface area contributed by atoms with Gasteiger partial charge in [0.2, 0.25) is 17.7 Å². The SMILES string of the molecule is Cl.Cl.NCCC(=O)NCC1CCCCN1C(=O)Cc1coc(-c2ccc(F)cc2)n1. The summed E-state index contributed by atoms with van der Waals surface area (Å²) in [5.74, 6) is -0.120. The minimum absolute atomic E-state index is 0. The third-order valence-electron chi connectivity index (χ3n) is 4.83. The lowest BCUT2D eigenvalue weighted by atomic mass is 10.0. The van der Waals surface area contributed by atoms with Crippen LogP contribution in [0, 0.1) is 5.82 Å². The third-order valence-corrected chi connectivity index (χ3v) is 4.83. The molecule has 2 amide bonds. The summed E-state index contributed by atoms with van der Waals surface area (Å²) < 4.78 is 18.5. The van der Waals surface area contributed by atoms with Crippen LogP contribution in [0.15, 0.2) is 34.9 Å². The molecule has 1 fully saturated rings. The van der Waals surface area contributed by atoms with Gasteiger partial charge in [-0.15, -0.1) is 24.8 Å². The fourth-order valence-corrected chi connectivity index (χ4v) is 3.36. The lowest BCUT2D eigenvalue weighted by Gasteiger charge is -2.35. The van der Waals surface area contributed by atoms with Crippen LogP contribution < -0.4 is 11.1 Å². The van der Waals surface area contributed by atoms with E-state index in [1.54, 1.807) is 12.1 Å². The first-order valence-electron chi connectivity index (χ1n) is 9.53. The van der Waals surface area contributed by atoms with Crippen molar-refractivity contribution in [3.05, 3.63) is 42.0 Å². The van der Waals surface area contributed by atoms with E-state index in [1.807, 2.05) is 4.90 Å². The van der Waals surface area contributed by atoms with Crippen molar-refractivity contribution in [3.63, 3.8) is 0 Å². The van der Waals surface area contributed by atoms with Gasteiger partial charge in [0.1, 0.15) is 12.1 Å². The van der Waals surface area contributed by atoms with Gasteiger partial charge in [-0.05, 0) is 43.5 Å². The van der Waals surface area contributed by atoms with E-state index in [4.69, 9.17) is 10.2 Å². The number of benzene rings is 1. The summed E-state index contributed by atoms with van der Waals surface area (Å²) >= 11 is 0. The fraction of sp³-hybridized carbons (Fsp3) is 0.450. The Kier molecular flexibility index (Phi) is 10.8. The smallest absolute Gasteiger partial charge is 0.229 e. The molecule has 1 aliphatic heterocycles. The van der Waals surface area contributed by atoms with Crippen molar-refractivity contribution < 1.29 is 18.4 Å². The molecule has 3 N–H and O–H groups in total. The minimum Gasteiger partial charge on any atom is -0.444 e. The van der Waals surface area contributed by atoms with Crippen LogP contribution >= 0.6 is 24.8 Å². The highest BCUT2D eigenvalue weighted by atomic mass is 35.5. The number of rotatable bonds is 7. The van der Waals surface area contributed by atoms with E-state index in [-0.39, 0.29) is 61.3 Å². The van der Waals surface area contributed by atoms with E-state index in [2.05, 4.69) is 10.3 Å². The van der Waals surface area contributed by atoms with E-state index in [0.717, 1.165) is 19.3 Å². The highest BCUT2D eigenvalue weighted by Crippen LogP contribution is 2.21. The van der Waals surface area contributed by atoms with Crippen molar-refractivity contribution in [2.75, 3.05) is 19.6 Å². The molecule has 0 radical (unpaired) electrons. The Hall–Kier alpha value is -2.16. The summed E-state index contributed by atoms with van der Waals surface area (Å²) in [6, 6.07) is 5.81. The summed E-state index contributed by atoms with van der Waals surface area (Å²) in [5.41, 5.74) is 6.57. The molecule has 0 spiro atoms. The van der Waals surface area contributed by atoms with Gasteiger partial charge in [-0.3, -0.25) is 9.59 Å². The quantitative estimate of drug-likeness (QED) is 0.661. The maximum atomic E-state index is 13.0. The van der Waals surface area contributed by atoms with Gasteiger partial charge in [0.25, 0.3) is 0 Å². The average Bonchev–Trinajstić information content (AvgIpc) is 3.16. The van der Waals surface area contributed by atoms with Crippen LogP contribution in [-0.4, -0.2) is 47.4 Å².